The molecule has 0 saturated carbocycles. The molecule has 3 aliphatic heterocycles. The van der Waals surface area contributed by atoms with Gasteiger partial charge in [0.15, 0.2) is 18.9 Å². The van der Waals surface area contributed by atoms with Crippen LogP contribution in [0.4, 0.5) is 0 Å². The van der Waals surface area contributed by atoms with Gasteiger partial charge in [-0.3, -0.25) is 4.79 Å². The van der Waals surface area contributed by atoms with Crippen molar-refractivity contribution < 1.29 is 74.4 Å². The van der Waals surface area contributed by atoms with Crippen LogP contribution >= 0.6 is 0 Å². The zero-order chi connectivity index (χ0) is 26.9. The van der Waals surface area contributed by atoms with E-state index >= 15 is 0 Å². The van der Waals surface area contributed by atoms with Crippen LogP contribution in [0.25, 0.3) is 0 Å². The molecule has 0 aliphatic carbocycles. The predicted octanol–water partition coefficient (Wildman–Crippen LogP) is -6.40. The lowest BCUT2D eigenvalue weighted by Gasteiger charge is -2.48. The van der Waals surface area contributed by atoms with Crippen molar-refractivity contribution in [1.82, 2.24) is 5.32 Å². The minimum absolute atomic E-state index is 0.653. The normalized spacial score (nSPS) is 50.0. The number of carbonyl (C=O) groups is 1. The molecule has 15 atom stereocenters. The summed E-state index contributed by atoms with van der Waals surface area (Å²) >= 11 is 0. The third-order valence-electron chi connectivity index (χ3n) is 6.45. The van der Waals surface area contributed by atoms with Crippen LogP contribution in [0.3, 0.4) is 0 Å². The van der Waals surface area contributed by atoms with Crippen molar-refractivity contribution in [2.75, 3.05) is 13.2 Å². The van der Waals surface area contributed by atoms with Gasteiger partial charge < -0.3 is 75.0 Å². The van der Waals surface area contributed by atoms with E-state index in [0.717, 1.165) is 6.92 Å². The van der Waals surface area contributed by atoms with Crippen LogP contribution in [0, 0.1) is 0 Å². The first-order valence-electron chi connectivity index (χ1n) is 11.4. The van der Waals surface area contributed by atoms with E-state index in [1.807, 2.05) is 0 Å². The number of hydrogen-bond donors (Lipinski definition) is 10. The quantitative estimate of drug-likeness (QED) is 0.147. The number of nitrogens with one attached hydrogen (secondary N) is 1. The number of hydrogen-bond acceptors (Lipinski definition) is 15. The fourth-order valence-corrected chi connectivity index (χ4v) is 4.40. The van der Waals surface area contributed by atoms with Crippen molar-refractivity contribution in [1.29, 1.82) is 0 Å². The Labute approximate surface area is 205 Å². The first kappa shape index (κ1) is 29.5. The summed E-state index contributed by atoms with van der Waals surface area (Å²) in [5.74, 6) is -0.653. The highest BCUT2D eigenvalue weighted by atomic mass is 16.7. The average molecular weight is 529 g/mol. The zero-order valence-corrected chi connectivity index (χ0v) is 19.5. The van der Waals surface area contributed by atoms with Gasteiger partial charge in [0, 0.05) is 6.92 Å². The summed E-state index contributed by atoms with van der Waals surface area (Å²) in [6.45, 7) is 1.02. The van der Waals surface area contributed by atoms with Gasteiger partial charge in [0.2, 0.25) is 5.91 Å². The Bertz CT molecular complexity index is 731. The zero-order valence-electron chi connectivity index (χ0n) is 19.5. The molecule has 0 bridgehead atoms. The molecule has 3 aliphatic rings. The fourth-order valence-electron chi connectivity index (χ4n) is 4.40. The van der Waals surface area contributed by atoms with Crippen LogP contribution in [0.15, 0.2) is 0 Å². The van der Waals surface area contributed by atoms with Gasteiger partial charge in [0.25, 0.3) is 0 Å². The van der Waals surface area contributed by atoms with E-state index in [4.69, 9.17) is 23.7 Å². The molecule has 1 unspecified atom stereocenters. The smallest absolute Gasteiger partial charge is 0.217 e. The van der Waals surface area contributed by atoms with Crippen LogP contribution in [0.1, 0.15) is 13.8 Å². The Morgan fingerprint density at radius 1 is 0.722 bits per heavy atom. The fraction of sp³-hybridized carbons (Fsp3) is 0.950. The molecule has 0 radical (unpaired) electrons. The maximum Gasteiger partial charge on any atom is 0.217 e. The molecule has 0 aromatic carbocycles. The first-order chi connectivity index (χ1) is 16.9. The highest BCUT2D eigenvalue weighted by Crippen LogP contribution is 2.32. The van der Waals surface area contributed by atoms with Crippen molar-refractivity contribution in [3.8, 4) is 0 Å². The van der Waals surface area contributed by atoms with Crippen molar-refractivity contribution >= 4 is 5.91 Å². The van der Waals surface area contributed by atoms with Crippen LogP contribution in [0.2, 0.25) is 0 Å². The summed E-state index contributed by atoms with van der Waals surface area (Å²) in [6.07, 6.45) is -21.8. The summed E-state index contributed by atoms with van der Waals surface area (Å²) in [5, 5.41) is 93.5. The molecule has 10 N–H and O–H groups in total. The van der Waals surface area contributed by atoms with E-state index in [-0.39, 0.29) is 0 Å². The molecule has 210 valence electrons. The number of aliphatic hydroxyl groups excluding tert-OH is 9. The van der Waals surface area contributed by atoms with E-state index in [9.17, 15) is 50.8 Å². The lowest BCUT2D eigenvalue weighted by Crippen LogP contribution is -2.69. The standard InChI is InChI=1S/C20H35NO15/c1-5-10(25)13(28)14(29)20(32-5)35-16-8(4-23)34-19(9(12(16)27)21-6(2)24)36-17-11(26)7(3-22)33-18(31)15(17)30/h5,7-20,22-23,25-31H,3-4H2,1-2H3,(H,21,24)/t5-,7+,8+,9+,10+,11-,12+,13+,14-,15+,16+,17-,18?,19-,20-/m0/s1. The predicted molar refractivity (Wildman–Crippen MR) is 111 cm³/mol. The van der Waals surface area contributed by atoms with Crippen LogP contribution in [-0.2, 0) is 28.5 Å². The van der Waals surface area contributed by atoms with Gasteiger partial charge in [0.05, 0.1) is 19.3 Å². The SMILES string of the molecule is CC(=O)N[C@H]1[C@H](O[C@H]2[C@@H](O)[C@@H](CO)OC(O)[C@@H]2O)O[C@H](CO)[C@@H](O[C@@H]2O[C@@H](C)[C@@H](O)[C@@H](O)[C@@H]2O)[C@@H]1O. The van der Waals surface area contributed by atoms with Crippen molar-refractivity contribution in [3.63, 3.8) is 0 Å². The average Bonchev–Trinajstić information content (AvgIpc) is 2.84. The molecule has 3 heterocycles. The second-order valence-corrected chi connectivity index (χ2v) is 9.05. The Hall–Kier alpha value is -1.09. The Morgan fingerprint density at radius 2 is 1.33 bits per heavy atom. The monoisotopic (exact) mass is 529 g/mol. The first-order valence-corrected chi connectivity index (χ1v) is 11.4. The Balaban J connectivity index is 1.82. The molecule has 0 spiro atoms. The number of amides is 1. The molecule has 0 aromatic rings. The molecule has 3 fully saturated rings. The molecule has 36 heavy (non-hydrogen) atoms. The van der Waals surface area contributed by atoms with Crippen molar-refractivity contribution in [2.45, 2.75) is 106 Å². The highest BCUT2D eigenvalue weighted by Gasteiger charge is 2.53. The molecule has 0 aromatic heterocycles. The second-order valence-electron chi connectivity index (χ2n) is 9.05. The molecular weight excluding hydrogens is 494 g/mol. The minimum Gasteiger partial charge on any atom is -0.394 e. The van der Waals surface area contributed by atoms with Crippen molar-refractivity contribution in [2.24, 2.45) is 0 Å². The summed E-state index contributed by atoms with van der Waals surface area (Å²) < 4.78 is 27.2. The van der Waals surface area contributed by atoms with Gasteiger partial charge in [-0.1, -0.05) is 0 Å². The van der Waals surface area contributed by atoms with Gasteiger partial charge in [-0.2, -0.15) is 0 Å². The number of rotatable bonds is 7. The number of carbonyl (C=O) groups excluding carboxylic acids is 1. The number of aliphatic hydroxyl groups is 9. The third kappa shape index (κ3) is 5.97. The summed E-state index contributed by atoms with van der Waals surface area (Å²) in [6, 6.07) is -1.43. The summed E-state index contributed by atoms with van der Waals surface area (Å²) in [4.78, 5) is 11.9. The molecular formula is C20H35NO15. The van der Waals surface area contributed by atoms with Crippen LogP contribution in [0.5, 0.6) is 0 Å². The maximum absolute atomic E-state index is 11.9. The largest absolute Gasteiger partial charge is 0.394 e. The van der Waals surface area contributed by atoms with Crippen LogP contribution < -0.4 is 5.32 Å². The van der Waals surface area contributed by atoms with Gasteiger partial charge >= 0.3 is 0 Å². The van der Waals surface area contributed by atoms with Crippen molar-refractivity contribution in [3.05, 3.63) is 0 Å². The van der Waals surface area contributed by atoms with Gasteiger partial charge in [-0.15, -0.1) is 0 Å². The number of ether oxygens (including phenoxy) is 5. The summed E-state index contributed by atoms with van der Waals surface area (Å²) in [5.41, 5.74) is 0. The topological polar surface area (TPSA) is 257 Å². The second kappa shape index (κ2) is 12.2. The van der Waals surface area contributed by atoms with E-state index in [1.54, 1.807) is 0 Å². The van der Waals surface area contributed by atoms with Gasteiger partial charge in [-0.25, -0.2) is 0 Å². The lowest BCUT2D eigenvalue weighted by molar-refractivity contribution is -0.363. The van der Waals surface area contributed by atoms with E-state index < -0.39 is 111 Å². The molecule has 16 nitrogen and oxygen atoms in total. The maximum atomic E-state index is 11.9. The lowest BCUT2D eigenvalue weighted by atomic mass is 9.94. The van der Waals surface area contributed by atoms with Crippen LogP contribution in [-0.4, -0.2) is 157 Å². The Morgan fingerprint density at radius 3 is 1.92 bits per heavy atom. The van der Waals surface area contributed by atoms with E-state index in [2.05, 4.69) is 5.32 Å². The molecule has 1 amide bonds. The highest BCUT2D eigenvalue weighted by molar-refractivity contribution is 5.73. The minimum atomic E-state index is -1.85. The molecule has 3 saturated heterocycles. The van der Waals surface area contributed by atoms with Gasteiger partial charge in [-0.05, 0) is 6.92 Å². The van der Waals surface area contributed by atoms with E-state index in [0.29, 0.717) is 0 Å². The van der Waals surface area contributed by atoms with Gasteiger partial charge in [0.1, 0.15) is 67.1 Å². The van der Waals surface area contributed by atoms with E-state index in [1.165, 1.54) is 6.92 Å². The molecule has 16 heteroatoms. The third-order valence-corrected chi connectivity index (χ3v) is 6.45. The Kier molecular flexibility index (Phi) is 9.97. The summed E-state index contributed by atoms with van der Waals surface area (Å²) in [7, 11) is 0. The molecule has 3 rings (SSSR count).